The van der Waals surface area contributed by atoms with Crippen molar-refractivity contribution in [2.24, 2.45) is 0 Å². The van der Waals surface area contributed by atoms with Gasteiger partial charge in [-0.1, -0.05) is 195 Å². The molecule has 0 aliphatic heterocycles. The van der Waals surface area contributed by atoms with Crippen LogP contribution in [0.5, 0.6) is 0 Å². The van der Waals surface area contributed by atoms with E-state index in [2.05, 4.69) is 37.5 Å². The molecule has 0 aliphatic rings. The molecule has 8 heteroatoms. The lowest BCUT2D eigenvalue weighted by Gasteiger charge is -2.26. The number of methoxy groups -OCH3 is 2. The summed E-state index contributed by atoms with van der Waals surface area (Å²) in [4.78, 5) is 31.5. The van der Waals surface area contributed by atoms with E-state index in [9.17, 15) is 9.59 Å². The third-order valence-corrected chi connectivity index (χ3v) is 14.9. The van der Waals surface area contributed by atoms with Gasteiger partial charge in [-0.2, -0.15) is 0 Å². The molecule has 0 aromatic heterocycles. The van der Waals surface area contributed by atoms with E-state index in [1.807, 2.05) is 0 Å². The maximum absolute atomic E-state index is 13.0. The molecule has 0 unspecified atom stereocenters. The molecule has 0 radical (unpaired) electrons. The van der Waals surface area contributed by atoms with E-state index in [0.717, 1.165) is 117 Å². The van der Waals surface area contributed by atoms with Crippen molar-refractivity contribution in [3.05, 3.63) is 0 Å². The zero-order valence-electron chi connectivity index (χ0n) is 49.0. The molecule has 0 saturated carbocycles. The van der Waals surface area contributed by atoms with Crippen molar-refractivity contribution in [1.29, 1.82) is 0 Å². The van der Waals surface area contributed by atoms with Gasteiger partial charge in [0.2, 0.25) is 0 Å². The van der Waals surface area contributed by atoms with Gasteiger partial charge in [0.05, 0.1) is 0 Å². The summed E-state index contributed by atoms with van der Waals surface area (Å²) in [6.07, 6.45) is 53.7. The Morgan fingerprint density at radius 1 is 0.296 bits per heavy atom. The highest BCUT2D eigenvalue weighted by molar-refractivity contribution is 5.69. The third kappa shape index (κ3) is 52.0. The molecular formula is C63H126N2O6. The van der Waals surface area contributed by atoms with Gasteiger partial charge in [0.15, 0.2) is 0 Å². The Hall–Kier alpha value is -1.22. The maximum Gasteiger partial charge on any atom is 0.306 e. The Kier molecular flexibility index (Phi) is 57.1. The van der Waals surface area contributed by atoms with Crippen LogP contribution in [0.25, 0.3) is 0 Å². The first-order chi connectivity index (χ1) is 34.9. The van der Waals surface area contributed by atoms with Crippen LogP contribution in [-0.2, 0) is 28.5 Å². The molecular weight excluding hydrogens is 881 g/mol. The average Bonchev–Trinajstić information content (AvgIpc) is 3.36. The van der Waals surface area contributed by atoms with Crippen LogP contribution in [0.1, 0.15) is 317 Å². The van der Waals surface area contributed by atoms with E-state index >= 15 is 0 Å². The molecule has 0 heterocycles. The van der Waals surface area contributed by atoms with E-state index in [1.165, 1.54) is 212 Å². The molecule has 0 atom stereocenters. The first-order valence-corrected chi connectivity index (χ1v) is 31.7. The summed E-state index contributed by atoms with van der Waals surface area (Å²) in [5.41, 5.74) is 0. The monoisotopic (exact) mass is 1010 g/mol. The van der Waals surface area contributed by atoms with Crippen LogP contribution in [0.3, 0.4) is 0 Å². The first kappa shape index (κ1) is 69.8. The van der Waals surface area contributed by atoms with Crippen LogP contribution in [0, 0.1) is 0 Å². The fourth-order valence-corrected chi connectivity index (χ4v) is 10.2. The number of carbonyl (C=O) groups is 2. The molecule has 0 fully saturated rings. The van der Waals surface area contributed by atoms with Gasteiger partial charge < -0.3 is 28.7 Å². The second-order valence-corrected chi connectivity index (χ2v) is 21.9. The van der Waals surface area contributed by atoms with Crippen LogP contribution in [0.4, 0.5) is 0 Å². The van der Waals surface area contributed by atoms with E-state index in [-0.39, 0.29) is 24.1 Å². The SMILES string of the molecule is CCCCCCCCC(CCCCCCCC)OC(=O)CCCCCCCN(CCCCCCCC(=O)OC(CCCCCCCC)CCCCCCCC)CCCN(CCCCOC)CCCCOC. The molecule has 0 saturated heterocycles. The summed E-state index contributed by atoms with van der Waals surface area (Å²) < 4.78 is 23.0. The van der Waals surface area contributed by atoms with E-state index in [0.29, 0.717) is 12.8 Å². The highest BCUT2D eigenvalue weighted by Crippen LogP contribution is 2.21. The van der Waals surface area contributed by atoms with Crippen LogP contribution < -0.4 is 0 Å². The molecule has 0 amide bonds. The molecule has 71 heavy (non-hydrogen) atoms. The summed E-state index contributed by atoms with van der Waals surface area (Å²) in [6.45, 7) is 17.7. The number of hydrogen-bond acceptors (Lipinski definition) is 8. The van der Waals surface area contributed by atoms with Gasteiger partial charge in [-0.25, -0.2) is 0 Å². The molecule has 424 valence electrons. The van der Waals surface area contributed by atoms with E-state index in [1.54, 1.807) is 14.2 Å². The molecule has 8 nitrogen and oxygen atoms in total. The van der Waals surface area contributed by atoms with Crippen molar-refractivity contribution in [2.75, 3.05) is 66.7 Å². The van der Waals surface area contributed by atoms with Crippen molar-refractivity contribution in [1.82, 2.24) is 9.80 Å². The Morgan fingerprint density at radius 3 is 0.831 bits per heavy atom. The number of hydrogen-bond donors (Lipinski definition) is 0. The Morgan fingerprint density at radius 2 is 0.535 bits per heavy atom. The molecule has 0 bridgehead atoms. The summed E-state index contributed by atoms with van der Waals surface area (Å²) in [5, 5.41) is 0. The lowest BCUT2D eigenvalue weighted by molar-refractivity contribution is -0.151. The number of unbranched alkanes of at least 4 members (excludes halogenated alkanes) is 30. The lowest BCUT2D eigenvalue weighted by Crippen LogP contribution is -2.32. The van der Waals surface area contributed by atoms with Crippen LogP contribution in [0.2, 0.25) is 0 Å². The summed E-state index contributed by atoms with van der Waals surface area (Å²) in [6, 6.07) is 0. The Balaban J connectivity index is 4.99. The maximum atomic E-state index is 13.0. The predicted octanol–water partition coefficient (Wildman–Crippen LogP) is 18.3. The van der Waals surface area contributed by atoms with Crippen LogP contribution >= 0.6 is 0 Å². The quantitative estimate of drug-likeness (QED) is 0.0441. The second kappa shape index (κ2) is 58.0. The van der Waals surface area contributed by atoms with Gasteiger partial charge in [-0.15, -0.1) is 0 Å². The standard InChI is InChI=1S/C63H126N2O6/c1-7-11-15-19-25-33-46-60(47-34-26-20-16-12-8-2)70-62(66)50-37-29-23-31-39-52-64(56-45-57-65(54-41-43-58-68-5)55-42-44-59-69-6)53-40-32-24-30-38-51-63(67)71-61(48-35-27-21-17-13-9-3)49-36-28-22-18-14-10-4/h60-61H,7-59H2,1-6H3. The highest BCUT2D eigenvalue weighted by Gasteiger charge is 2.16. The van der Waals surface area contributed by atoms with Crippen LogP contribution in [-0.4, -0.2) is 101 Å². The second-order valence-electron chi connectivity index (χ2n) is 21.9. The number of esters is 2. The van der Waals surface area contributed by atoms with Gasteiger partial charge in [0, 0.05) is 40.3 Å². The van der Waals surface area contributed by atoms with Crippen molar-refractivity contribution in [3.63, 3.8) is 0 Å². The predicted molar refractivity (Wildman–Crippen MR) is 307 cm³/mol. The number of rotatable bonds is 60. The van der Waals surface area contributed by atoms with Gasteiger partial charge in [0.25, 0.3) is 0 Å². The largest absolute Gasteiger partial charge is 0.462 e. The zero-order valence-corrected chi connectivity index (χ0v) is 49.0. The number of nitrogens with zero attached hydrogens (tertiary/aromatic N) is 2. The lowest BCUT2D eigenvalue weighted by atomic mass is 10.0. The van der Waals surface area contributed by atoms with Crippen molar-refractivity contribution in [2.45, 2.75) is 329 Å². The fraction of sp³-hybridized carbons (Fsp3) is 0.968. The van der Waals surface area contributed by atoms with Crippen molar-refractivity contribution < 1.29 is 28.5 Å². The zero-order chi connectivity index (χ0) is 51.8. The summed E-state index contributed by atoms with van der Waals surface area (Å²) >= 11 is 0. The molecule has 0 spiro atoms. The van der Waals surface area contributed by atoms with Crippen molar-refractivity contribution >= 4 is 11.9 Å². The van der Waals surface area contributed by atoms with Crippen molar-refractivity contribution in [3.8, 4) is 0 Å². The molecule has 0 aromatic carbocycles. The summed E-state index contributed by atoms with van der Waals surface area (Å²) in [5.74, 6) is 0.0755. The average molecular weight is 1010 g/mol. The number of ether oxygens (including phenoxy) is 4. The van der Waals surface area contributed by atoms with E-state index < -0.39 is 0 Å². The Labute approximate surface area is 444 Å². The van der Waals surface area contributed by atoms with E-state index in [4.69, 9.17) is 18.9 Å². The smallest absolute Gasteiger partial charge is 0.306 e. The molecule has 0 rings (SSSR count). The molecule has 0 N–H and O–H groups in total. The minimum absolute atomic E-state index is 0.0377. The highest BCUT2D eigenvalue weighted by atomic mass is 16.5. The first-order valence-electron chi connectivity index (χ1n) is 31.7. The summed E-state index contributed by atoms with van der Waals surface area (Å²) in [7, 11) is 3.61. The fourth-order valence-electron chi connectivity index (χ4n) is 10.2. The van der Waals surface area contributed by atoms with Gasteiger partial charge in [-0.05, 0) is 148 Å². The van der Waals surface area contributed by atoms with Gasteiger partial charge in [-0.3, -0.25) is 9.59 Å². The van der Waals surface area contributed by atoms with Gasteiger partial charge in [0.1, 0.15) is 12.2 Å². The minimum atomic E-state index is 0.0377. The normalized spacial score (nSPS) is 11.9. The van der Waals surface area contributed by atoms with Gasteiger partial charge >= 0.3 is 11.9 Å². The third-order valence-electron chi connectivity index (χ3n) is 14.9. The van der Waals surface area contributed by atoms with Crippen LogP contribution in [0.15, 0.2) is 0 Å². The topological polar surface area (TPSA) is 77.5 Å². The number of carbonyl (C=O) groups excluding carboxylic acids is 2. The minimum Gasteiger partial charge on any atom is -0.462 e. The Bertz CT molecular complexity index is 954. The molecule has 0 aliphatic carbocycles. The molecule has 0 aromatic rings.